The van der Waals surface area contributed by atoms with Crippen molar-refractivity contribution in [1.82, 2.24) is 14.4 Å². The summed E-state index contributed by atoms with van der Waals surface area (Å²) in [7, 11) is 0. The number of aromatic nitrogens is 3. The third-order valence-electron chi connectivity index (χ3n) is 3.68. The topological polar surface area (TPSA) is 59.3 Å². The van der Waals surface area contributed by atoms with E-state index in [4.69, 9.17) is 6.42 Å². The van der Waals surface area contributed by atoms with Crippen molar-refractivity contribution in [3.63, 3.8) is 0 Å². The van der Waals surface area contributed by atoms with Crippen molar-refractivity contribution in [2.24, 2.45) is 0 Å². The zero-order chi connectivity index (χ0) is 16.6. The van der Waals surface area contributed by atoms with Crippen LogP contribution in [0.5, 0.6) is 0 Å². The summed E-state index contributed by atoms with van der Waals surface area (Å²) in [4.78, 5) is 21.1. The molecule has 114 valence electrons. The summed E-state index contributed by atoms with van der Waals surface area (Å²) in [5.41, 5.74) is 5.10. The molecule has 0 atom stereocenters. The van der Waals surface area contributed by atoms with Crippen molar-refractivity contribution in [2.75, 3.05) is 5.32 Å². The lowest BCUT2D eigenvalue weighted by molar-refractivity contribution is 0.102. The number of carbonyl (C=O) groups excluding carboxylic acids is 1. The second-order valence-electron chi connectivity index (χ2n) is 5.45. The predicted octanol–water partition coefficient (Wildman–Crippen LogP) is 2.89. The molecular weight excluding hydrogens is 288 g/mol. The Bertz CT molecular complexity index is 963. The van der Waals surface area contributed by atoms with Crippen LogP contribution in [-0.4, -0.2) is 20.3 Å². The number of aryl methyl sites for hydroxylation is 3. The molecule has 0 radical (unpaired) electrons. The van der Waals surface area contributed by atoms with Crippen LogP contribution in [0.25, 0.3) is 5.65 Å². The van der Waals surface area contributed by atoms with E-state index in [2.05, 4.69) is 21.2 Å². The molecule has 1 aromatic carbocycles. The molecule has 1 amide bonds. The molecule has 0 aliphatic rings. The number of nitrogens with zero attached hydrogens (tertiary/aromatic N) is 3. The number of imidazole rings is 1. The van der Waals surface area contributed by atoms with Crippen LogP contribution >= 0.6 is 0 Å². The van der Waals surface area contributed by atoms with Crippen molar-refractivity contribution in [3.8, 4) is 12.3 Å². The van der Waals surface area contributed by atoms with Crippen molar-refractivity contribution < 1.29 is 4.79 Å². The van der Waals surface area contributed by atoms with Gasteiger partial charge in [-0.15, -0.1) is 6.42 Å². The maximum Gasteiger partial charge on any atom is 0.278 e. The van der Waals surface area contributed by atoms with Crippen molar-refractivity contribution in [2.45, 2.75) is 20.8 Å². The van der Waals surface area contributed by atoms with Crippen LogP contribution < -0.4 is 5.32 Å². The molecule has 0 spiro atoms. The maximum absolute atomic E-state index is 12.5. The molecule has 5 nitrogen and oxygen atoms in total. The number of hydrogen-bond donors (Lipinski definition) is 1. The first-order valence-electron chi connectivity index (χ1n) is 7.19. The van der Waals surface area contributed by atoms with Gasteiger partial charge < -0.3 is 5.32 Å². The van der Waals surface area contributed by atoms with E-state index in [0.29, 0.717) is 17.0 Å². The van der Waals surface area contributed by atoms with Gasteiger partial charge in [0.15, 0.2) is 11.3 Å². The minimum atomic E-state index is -0.294. The predicted molar refractivity (Wildman–Crippen MR) is 89.5 cm³/mol. The third kappa shape index (κ3) is 2.67. The van der Waals surface area contributed by atoms with Crippen LogP contribution in [0.4, 0.5) is 5.69 Å². The molecular formula is C18H16N4O. The molecule has 0 fully saturated rings. The maximum atomic E-state index is 12.5. The minimum Gasteiger partial charge on any atom is -0.321 e. The number of terminal acetylenes is 1. The molecule has 0 aliphatic heterocycles. The molecule has 2 aromatic heterocycles. The molecule has 0 bridgehead atoms. The summed E-state index contributed by atoms with van der Waals surface area (Å²) in [5.74, 6) is 2.31. The van der Waals surface area contributed by atoms with Crippen LogP contribution in [0, 0.1) is 33.1 Å². The van der Waals surface area contributed by atoms with Gasteiger partial charge in [0.05, 0.1) is 0 Å². The molecule has 1 N–H and O–H groups in total. The first kappa shape index (κ1) is 14.8. The fourth-order valence-electron chi connectivity index (χ4n) is 2.53. The van der Waals surface area contributed by atoms with E-state index < -0.39 is 0 Å². The average Bonchev–Trinajstić information content (AvgIpc) is 2.91. The summed E-state index contributed by atoms with van der Waals surface area (Å²) in [6.07, 6.45) is 7.02. The average molecular weight is 304 g/mol. The van der Waals surface area contributed by atoms with E-state index in [1.165, 1.54) is 0 Å². The van der Waals surface area contributed by atoms with E-state index in [0.717, 1.165) is 22.5 Å². The van der Waals surface area contributed by atoms with Crippen LogP contribution in [-0.2, 0) is 0 Å². The van der Waals surface area contributed by atoms with Gasteiger partial charge in [-0.1, -0.05) is 5.92 Å². The van der Waals surface area contributed by atoms with Crippen LogP contribution in [0.1, 0.15) is 33.0 Å². The Balaban J connectivity index is 1.95. The Kier molecular flexibility index (Phi) is 3.59. The molecule has 0 aliphatic carbocycles. The lowest BCUT2D eigenvalue weighted by Crippen LogP contribution is -2.13. The molecule has 23 heavy (non-hydrogen) atoms. The first-order valence-corrected chi connectivity index (χ1v) is 7.19. The molecule has 2 heterocycles. The standard InChI is InChI=1S/C18H16N4O/c1-5-14-6-7-15(8-11(14)2)21-18(23)16-17-20-12(3)9-13(4)22(17)10-19-16/h1,6-10H,2-4H3,(H,21,23). The van der Waals surface area contributed by atoms with Crippen molar-refractivity contribution in [1.29, 1.82) is 0 Å². The molecule has 3 rings (SSSR count). The fourth-order valence-corrected chi connectivity index (χ4v) is 2.53. The Morgan fingerprint density at radius 1 is 1.26 bits per heavy atom. The Hall–Kier alpha value is -3.13. The smallest absolute Gasteiger partial charge is 0.278 e. The van der Waals surface area contributed by atoms with Gasteiger partial charge in [-0.05, 0) is 50.6 Å². The number of hydrogen-bond acceptors (Lipinski definition) is 3. The zero-order valence-electron chi connectivity index (χ0n) is 13.2. The molecule has 0 saturated heterocycles. The van der Waals surface area contributed by atoms with Gasteiger partial charge in [0, 0.05) is 22.6 Å². The summed E-state index contributed by atoms with van der Waals surface area (Å²) >= 11 is 0. The normalized spacial score (nSPS) is 10.5. The summed E-state index contributed by atoms with van der Waals surface area (Å²) in [5, 5.41) is 2.84. The van der Waals surface area contributed by atoms with Gasteiger partial charge in [-0.3, -0.25) is 9.20 Å². The lowest BCUT2D eigenvalue weighted by atomic mass is 10.1. The van der Waals surface area contributed by atoms with Gasteiger partial charge in [0.2, 0.25) is 0 Å². The van der Waals surface area contributed by atoms with Crippen molar-refractivity contribution in [3.05, 3.63) is 58.8 Å². The highest BCUT2D eigenvalue weighted by Gasteiger charge is 2.16. The number of amides is 1. The molecule has 0 saturated carbocycles. The Morgan fingerprint density at radius 2 is 2.04 bits per heavy atom. The van der Waals surface area contributed by atoms with Crippen LogP contribution in [0.2, 0.25) is 0 Å². The summed E-state index contributed by atoms with van der Waals surface area (Å²) in [6.45, 7) is 5.75. The van der Waals surface area contributed by atoms with Gasteiger partial charge in [0.25, 0.3) is 5.91 Å². The monoisotopic (exact) mass is 304 g/mol. The first-order chi connectivity index (χ1) is 11.0. The summed E-state index contributed by atoms with van der Waals surface area (Å²) < 4.78 is 1.80. The summed E-state index contributed by atoms with van der Waals surface area (Å²) in [6, 6.07) is 7.37. The van der Waals surface area contributed by atoms with Gasteiger partial charge in [-0.2, -0.15) is 0 Å². The fraction of sp³-hybridized carbons (Fsp3) is 0.167. The molecule has 3 aromatic rings. The number of nitrogens with one attached hydrogen (secondary N) is 1. The van der Waals surface area contributed by atoms with E-state index in [9.17, 15) is 4.79 Å². The number of rotatable bonds is 2. The highest BCUT2D eigenvalue weighted by molar-refractivity contribution is 6.06. The largest absolute Gasteiger partial charge is 0.321 e. The van der Waals surface area contributed by atoms with Crippen LogP contribution in [0.3, 0.4) is 0 Å². The Labute approximate surface area is 134 Å². The van der Waals surface area contributed by atoms with Crippen molar-refractivity contribution >= 4 is 17.2 Å². The zero-order valence-corrected chi connectivity index (χ0v) is 13.2. The lowest BCUT2D eigenvalue weighted by Gasteiger charge is -2.07. The van der Waals surface area contributed by atoms with Gasteiger partial charge in [0.1, 0.15) is 6.33 Å². The second kappa shape index (κ2) is 5.58. The van der Waals surface area contributed by atoms with E-state index >= 15 is 0 Å². The van der Waals surface area contributed by atoms with Crippen LogP contribution in [0.15, 0.2) is 30.6 Å². The minimum absolute atomic E-state index is 0.294. The highest BCUT2D eigenvalue weighted by atomic mass is 16.1. The Morgan fingerprint density at radius 3 is 2.74 bits per heavy atom. The van der Waals surface area contributed by atoms with E-state index in [-0.39, 0.29) is 5.91 Å². The quantitative estimate of drug-likeness (QED) is 0.741. The molecule has 5 heteroatoms. The molecule has 0 unspecified atom stereocenters. The highest BCUT2D eigenvalue weighted by Crippen LogP contribution is 2.17. The number of fused-ring (bicyclic) bond motifs is 1. The third-order valence-corrected chi connectivity index (χ3v) is 3.68. The number of carbonyl (C=O) groups is 1. The SMILES string of the molecule is C#Cc1ccc(NC(=O)c2ncn3c(C)cc(C)nc23)cc1C. The van der Waals surface area contributed by atoms with Gasteiger partial charge in [-0.25, -0.2) is 9.97 Å². The van der Waals surface area contributed by atoms with Gasteiger partial charge >= 0.3 is 0 Å². The second-order valence-corrected chi connectivity index (χ2v) is 5.45. The van der Waals surface area contributed by atoms with E-state index in [1.54, 1.807) is 16.8 Å². The van der Waals surface area contributed by atoms with E-state index in [1.807, 2.05) is 39.0 Å². The number of benzene rings is 1. The number of anilines is 1.